The minimum Gasteiger partial charge on any atom is -0.543 e. The molecule has 2 aliphatic rings. The van der Waals surface area contributed by atoms with Gasteiger partial charge < -0.3 is 28.5 Å². The highest BCUT2D eigenvalue weighted by Crippen LogP contribution is 2.50. The van der Waals surface area contributed by atoms with Gasteiger partial charge in [0.2, 0.25) is 16.6 Å². The molecule has 0 aliphatic carbocycles. The first-order chi connectivity index (χ1) is 24.2. The number of nitrogens with zero attached hydrogens (tertiary/aromatic N) is 1. The molecule has 0 aromatic heterocycles. The normalized spacial score (nSPS) is 17.5. The fourth-order valence-corrected chi connectivity index (χ4v) is 8.49. The second-order valence-electron chi connectivity index (χ2n) is 17.9. The monoisotopic (exact) mass is 745 g/mol. The van der Waals surface area contributed by atoms with Crippen molar-refractivity contribution in [1.82, 2.24) is 4.90 Å². The van der Waals surface area contributed by atoms with Crippen molar-refractivity contribution in [3.05, 3.63) is 77.4 Å². The van der Waals surface area contributed by atoms with E-state index >= 15 is 0 Å². The van der Waals surface area contributed by atoms with E-state index in [-0.39, 0.29) is 22.4 Å². The SMILES string of the molecule is CC(O)(C1=C(c2ccc(O[Si](C)(C)C(C)(C)C)cc2O)COc2cc(O[Si](C)(C)C(C)(C)C)ccc21)c1ccc(OCCN2CCCCCC2)cc1. The molecule has 1 saturated heterocycles. The van der Waals surface area contributed by atoms with E-state index in [0.717, 1.165) is 36.7 Å². The summed E-state index contributed by atoms with van der Waals surface area (Å²) in [6.45, 7) is 27.9. The Balaban J connectivity index is 1.51. The summed E-state index contributed by atoms with van der Waals surface area (Å²) in [6.07, 6.45) is 5.15. The number of benzene rings is 3. The summed E-state index contributed by atoms with van der Waals surface area (Å²) < 4.78 is 25.8. The van der Waals surface area contributed by atoms with Gasteiger partial charge in [0.1, 0.15) is 47.6 Å². The Kier molecular flexibility index (Phi) is 11.7. The number of hydrogen-bond donors (Lipinski definition) is 2. The molecule has 2 N–H and O–H groups in total. The molecule has 7 nitrogen and oxygen atoms in total. The fraction of sp³-hybridized carbons (Fsp3) is 0.535. The van der Waals surface area contributed by atoms with E-state index in [0.29, 0.717) is 40.4 Å². The van der Waals surface area contributed by atoms with Gasteiger partial charge in [-0.1, -0.05) is 66.5 Å². The van der Waals surface area contributed by atoms with E-state index in [4.69, 9.17) is 18.3 Å². The molecular weight excluding hydrogens is 683 g/mol. The van der Waals surface area contributed by atoms with Crippen LogP contribution in [-0.2, 0) is 5.60 Å². The Morgan fingerprint density at radius 1 is 0.692 bits per heavy atom. The molecule has 5 rings (SSSR count). The average Bonchev–Trinajstić information content (AvgIpc) is 3.32. The predicted molar refractivity (Wildman–Crippen MR) is 219 cm³/mol. The summed E-state index contributed by atoms with van der Waals surface area (Å²) in [6, 6.07) is 19.1. The topological polar surface area (TPSA) is 80.6 Å². The van der Waals surface area contributed by atoms with Gasteiger partial charge in [-0.2, -0.15) is 0 Å². The van der Waals surface area contributed by atoms with Crippen LogP contribution >= 0.6 is 0 Å². The third-order valence-electron chi connectivity index (χ3n) is 11.8. The van der Waals surface area contributed by atoms with Gasteiger partial charge in [0.25, 0.3) is 0 Å². The third kappa shape index (κ3) is 8.92. The van der Waals surface area contributed by atoms with Crippen LogP contribution in [0.25, 0.3) is 11.1 Å². The molecule has 0 spiro atoms. The van der Waals surface area contributed by atoms with Crippen LogP contribution in [0.2, 0.25) is 36.3 Å². The highest BCUT2D eigenvalue weighted by Gasteiger charge is 2.41. The van der Waals surface area contributed by atoms with Crippen molar-refractivity contribution >= 4 is 27.8 Å². The lowest BCUT2D eigenvalue weighted by atomic mass is 9.78. The van der Waals surface area contributed by atoms with Crippen molar-refractivity contribution in [2.24, 2.45) is 0 Å². The van der Waals surface area contributed by atoms with E-state index < -0.39 is 22.2 Å². The summed E-state index contributed by atoms with van der Waals surface area (Å²) >= 11 is 0. The van der Waals surface area contributed by atoms with Crippen molar-refractivity contribution in [2.45, 2.75) is 116 Å². The van der Waals surface area contributed by atoms with E-state index in [1.54, 1.807) is 6.07 Å². The minimum atomic E-state index is -2.13. The number of likely N-dealkylation sites (tertiary alicyclic amines) is 1. The van der Waals surface area contributed by atoms with Gasteiger partial charge in [0, 0.05) is 41.0 Å². The van der Waals surface area contributed by atoms with Crippen LogP contribution in [0, 0.1) is 0 Å². The Hall–Kier alpha value is -3.25. The van der Waals surface area contributed by atoms with Crippen LogP contribution in [0.4, 0.5) is 0 Å². The largest absolute Gasteiger partial charge is 0.543 e. The smallest absolute Gasteiger partial charge is 0.250 e. The molecule has 3 aromatic carbocycles. The zero-order valence-corrected chi connectivity index (χ0v) is 35.6. The van der Waals surface area contributed by atoms with Crippen LogP contribution in [0.1, 0.15) is 90.8 Å². The number of phenols is 1. The molecule has 0 saturated carbocycles. The molecule has 9 heteroatoms. The number of ether oxygens (including phenoxy) is 2. The van der Waals surface area contributed by atoms with Gasteiger partial charge in [-0.3, -0.25) is 4.90 Å². The number of fused-ring (bicyclic) bond motifs is 1. The van der Waals surface area contributed by atoms with Crippen LogP contribution in [-0.4, -0.2) is 64.6 Å². The molecule has 0 radical (unpaired) electrons. The number of aliphatic hydroxyl groups is 1. The van der Waals surface area contributed by atoms with E-state index in [1.807, 2.05) is 61.5 Å². The van der Waals surface area contributed by atoms with Crippen LogP contribution < -0.4 is 18.3 Å². The number of phenolic OH excluding ortho intramolecular Hbond substituents is 1. The Labute approximate surface area is 315 Å². The van der Waals surface area contributed by atoms with Gasteiger partial charge in [-0.05, 0) is 111 Å². The van der Waals surface area contributed by atoms with Crippen molar-refractivity contribution in [2.75, 3.05) is 32.8 Å². The number of aromatic hydroxyl groups is 1. The summed E-state index contributed by atoms with van der Waals surface area (Å²) in [4.78, 5) is 2.49. The lowest BCUT2D eigenvalue weighted by Crippen LogP contribution is -2.43. The molecule has 284 valence electrons. The van der Waals surface area contributed by atoms with Gasteiger partial charge in [0.15, 0.2) is 0 Å². The molecule has 1 atom stereocenters. The molecule has 3 aromatic rings. The molecule has 0 amide bonds. The Morgan fingerprint density at radius 2 is 1.21 bits per heavy atom. The number of rotatable bonds is 11. The first-order valence-corrected chi connectivity index (χ1v) is 24.9. The first-order valence-electron chi connectivity index (χ1n) is 19.1. The van der Waals surface area contributed by atoms with Crippen molar-refractivity contribution in [1.29, 1.82) is 0 Å². The van der Waals surface area contributed by atoms with E-state index in [1.165, 1.54) is 25.7 Å². The minimum absolute atomic E-state index is 0.0110. The number of hydrogen-bond acceptors (Lipinski definition) is 7. The second-order valence-corrected chi connectivity index (χ2v) is 27.4. The summed E-state index contributed by atoms with van der Waals surface area (Å²) in [5.74, 6) is 2.89. The second kappa shape index (κ2) is 15.2. The fourth-order valence-electron chi connectivity index (χ4n) is 6.44. The molecule has 0 bridgehead atoms. The predicted octanol–water partition coefficient (Wildman–Crippen LogP) is 10.6. The molecule has 52 heavy (non-hydrogen) atoms. The van der Waals surface area contributed by atoms with Crippen molar-refractivity contribution < 1.29 is 28.5 Å². The Morgan fingerprint density at radius 3 is 1.75 bits per heavy atom. The van der Waals surface area contributed by atoms with Crippen molar-refractivity contribution in [3.8, 4) is 28.7 Å². The lowest BCUT2D eigenvalue weighted by molar-refractivity contribution is 0.121. The molecule has 2 heterocycles. The van der Waals surface area contributed by atoms with Gasteiger partial charge in [0.05, 0.1) is 0 Å². The molecule has 1 unspecified atom stereocenters. The highest BCUT2D eigenvalue weighted by molar-refractivity contribution is 6.75. The van der Waals surface area contributed by atoms with E-state index in [9.17, 15) is 10.2 Å². The maximum absolute atomic E-state index is 12.6. The van der Waals surface area contributed by atoms with Gasteiger partial charge in [-0.15, -0.1) is 0 Å². The maximum Gasteiger partial charge on any atom is 0.250 e. The standard InChI is InChI=1S/C43H63NO6Si2/c1-41(2,3)51(8,9)49-33-20-22-35(38(45)28-33)37-30-48-39-29-34(50-52(10,11)42(4,5)6)21-23-36(39)40(37)43(7,46)31-16-18-32(19-17-31)47-27-26-44-24-14-12-13-15-25-44/h16-23,28-29,45-46H,12-15,24-27,30H2,1-11H3. The maximum atomic E-state index is 12.6. The quantitative estimate of drug-likeness (QED) is 0.189. The van der Waals surface area contributed by atoms with Gasteiger partial charge >= 0.3 is 0 Å². The Bertz CT molecular complexity index is 1730. The summed E-state index contributed by atoms with van der Waals surface area (Å²) in [5.41, 5.74) is 2.02. The molecule has 2 aliphatic heterocycles. The summed E-state index contributed by atoms with van der Waals surface area (Å²) in [7, 11) is -4.24. The third-order valence-corrected chi connectivity index (χ3v) is 20.5. The van der Waals surface area contributed by atoms with Crippen LogP contribution in [0.3, 0.4) is 0 Å². The zero-order chi connectivity index (χ0) is 38.1. The van der Waals surface area contributed by atoms with Crippen molar-refractivity contribution in [3.63, 3.8) is 0 Å². The molecular formula is C43H63NO6Si2. The van der Waals surface area contributed by atoms with Gasteiger partial charge in [-0.25, -0.2) is 0 Å². The first kappa shape index (κ1) is 39.9. The van der Waals surface area contributed by atoms with E-state index in [2.05, 4.69) is 72.6 Å². The average molecular weight is 746 g/mol. The lowest BCUT2D eigenvalue weighted by Gasteiger charge is -2.38. The highest BCUT2D eigenvalue weighted by atomic mass is 28.4. The summed E-state index contributed by atoms with van der Waals surface area (Å²) in [5, 5.41) is 24.2. The van der Waals surface area contributed by atoms with Crippen LogP contribution in [0.15, 0.2) is 60.7 Å². The zero-order valence-electron chi connectivity index (χ0n) is 33.6. The molecule has 1 fully saturated rings. The van der Waals surface area contributed by atoms with Crippen LogP contribution in [0.5, 0.6) is 28.7 Å².